The summed E-state index contributed by atoms with van der Waals surface area (Å²) in [5.74, 6) is -0.254. The highest BCUT2D eigenvalue weighted by Crippen LogP contribution is 2.47. The second kappa shape index (κ2) is 2.27. The zero-order valence-electron chi connectivity index (χ0n) is 6.53. The Labute approximate surface area is 69.8 Å². The van der Waals surface area contributed by atoms with E-state index >= 15 is 0 Å². The fraction of sp³-hybridized carbons (Fsp3) is 0.375. The summed E-state index contributed by atoms with van der Waals surface area (Å²) >= 11 is 0. The molecule has 2 N–H and O–H groups in total. The maximum absolute atomic E-state index is 11.1. The van der Waals surface area contributed by atoms with E-state index in [1.807, 2.05) is 0 Å². The van der Waals surface area contributed by atoms with Gasteiger partial charge in [-0.1, -0.05) is 0 Å². The lowest BCUT2D eigenvalue weighted by Crippen LogP contribution is -2.28. The van der Waals surface area contributed by atoms with Crippen LogP contribution in [-0.2, 0) is 10.2 Å². The first-order valence-corrected chi connectivity index (χ1v) is 3.83. The molecule has 1 saturated carbocycles. The van der Waals surface area contributed by atoms with Crippen LogP contribution in [0.2, 0.25) is 0 Å². The van der Waals surface area contributed by atoms with Crippen molar-refractivity contribution in [2.45, 2.75) is 18.3 Å². The van der Waals surface area contributed by atoms with Crippen LogP contribution >= 0.6 is 0 Å². The van der Waals surface area contributed by atoms with Crippen LogP contribution in [0.5, 0.6) is 0 Å². The number of primary amides is 1. The number of carbonyl (C=O) groups is 1. The number of hydrogen-bond acceptors (Lipinski definition) is 3. The van der Waals surface area contributed by atoms with E-state index in [2.05, 4.69) is 10.2 Å². The topological polar surface area (TPSA) is 68.9 Å². The van der Waals surface area contributed by atoms with E-state index in [0.29, 0.717) is 0 Å². The van der Waals surface area contributed by atoms with Gasteiger partial charge in [-0.2, -0.15) is 10.2 Å². The molecule has 0 bridgehead atoms. The highest BCUT2D eigenvalue weighted by atomic mass is 16.1. The lowest BCUT2D eigenvalue weighted by Gasteiger charge is -2.08. The Bertz CT molecular complexity index is 305. The maximum atomic E-state index is 11.1. The molecule has 0 radical (unpaired) electrons. The summed E-state index contributed by atoms with van der Waals surface area (Å²) in [6.07, 6.45) is 4.87. The molecule has 4 nitrogen and oxygen atoms in total. The molecule has 4 heteroatoms. The van der Waals surface area contributed by atoms with Crippen molar-refractivity contribution in [2.24, 2.45) is 5.73 Å². The lowest BCUT2D eigenvalue weighted by molar-refractivity contribution is -0.120. The Morgan fingerprint density at radius 1 is 1.50 bits per heavy atom. The zero-order chi connectivity index (χ0) is 8.60. The molecule has 0 atom stereocenters. The zero-order valence-corrected chi connectivity index (χ0v) is 6.53. The van der Waals surface area contributed by atoms with E-state index in [0.717, 1.165) is 18.4 Å². The van der Waals surface area contributed by atoms with Crippen LogP contribution < -0.4 is 5.73 Å². The normalized spacial score (nSPS) is 18.7. The summed E-state index contributed by atoms with van der Waals surface area (Å²) in [6, 6.07) is 1.80. The van der Waals surface area contributed by atoms with E-state index in [9.17, 15) is 4.79 Å². The van der Waals surface area contributed by atoms with Gasteiger partial charge in [-0.3, -0.25) is 4.79 Å². The Morgan fingerprint density at radius 3 is 2.67 bits per heavy atom. The summed E-state index contributed by atoms with van der Waals surface area (Å²) in [4.78, 5) is 11.1. The van der Waals surface area contributed by atoms with E-state index in [-0.39, 0.29) is 5.91 Å². The number of nitrogens with two attached hydrogens (primary N) is 1. The molecule has 1 aromatic rings. The van der Waals surface area contributed by atoms with Crippen molar-refractivity contribution in [3.63, 3.8) is 0 Å². The molecule has 1 heterocycles. The van der Waals surface area contributed by atoms with Gasteiger partial charge >= 0.3 is 0 Å². The van der Waals surface area contributed by atoms with Crippen molar-refractivity contribution >= 4 is 5.91 Å². The minimum Gasteiger partial charge on any atom is -0.369 e. The van der Waals surface area contributed by atoms with Crippen molar-refractivity contribution in [3.05, 3.63) is 24.0 Å². The molecule has 1 aliphatic rings. The number of carbonyl (C=O) groups excluding carboxylic acids is 1. The van der Waals surface area contributed by atoms with Crippen molar-refractivity contribution in [1.29, 1.82) is 0 Å². The highest BCUT2D eigenvalue weighted by molar-refractivity contribution is 5.89. The average Bonchev–Trinajstić information content (AvgIpc) is 2.86. The van der Waals surface area contributed by atoms with Gasteiger partial charge in [-0.05, 0) is 24.5 Å². The van der Waals surface area contributed by atoms with E-state index in [4.69, 9.17) is 5.73 Å². The molecular formula is C8H9N3O. The summed E-state index contributed by atoms with van der Waals surface area (Å²) in [5, 5.41) is 7.36. The molecule has 0 aliphatic heterocycles. The predicted octanol–water partition coefficient (Wildman–Crippen LogP) is -0.00650. The van der Waals surface area contributed by atoms with Crippen molar-refractivity contribution < 1.29 is 4.79 Å². The molecule has 12 heavy (non-hydrogen) atoms. The molecule has 0 spiro atoms. The average molecular weight is 163 g/mol. The summed E-state index contributed by atoms with van der Waals surface area (Å²) in [6.45, 7) is 0. The van der Waals surface area contributed by atoms with Gasteiger partial charge in [-0.25, -0.2) is 0 Å². The summed E-state index contributed by atoms with van der Waals surface area (Å²) in [7, 11) is 0. The number of hydrogen-bond donors (Lipinski definition) is 1. The largest absolute Gasteiger partial charge is 0.369 e. The third-order valence-electron chi connectivity index (χ3n) is 2.36. The van der Waals surface area contributed by atoms with Gasteiger partial charge in [-0.15, -0.1) is 0 Å². The van der Waals surface area contributed by atoms with Crippen LogP contribution in [0.1, 0.15) is 18.4 Å². The molecule has 1 aliphatic carbocycles. The number of aromatic nitrogens is 2. The van der Waals surface area contributed by atoms with E-state index < -0.39 is 5.41 Å². The van der Waals surface area contributed by atoms with Crippen LogP contribution in [0.4, 0.5) is 0 Å². The molecule has 62 valence electrons. The first-order chi connectivity index (χ1) is 5.76. The van der Waals surface area contributed by atoms with Crippen LogP contribution in [0.3, 0.4) is 0 Å². The number of amides is 1. The van der Waals surface area contributed by atoms with Crippen LogP contribution in [0.25, 0.3) is 0 Å². The number of rotatable bonds is 2. The SMILES string of the molecule is NC(=O)C1(c2ccnnc2)CC1. The molecule has 0 aromatic carbocycles. The molecule has 0 saturated heterocycles. The predicted molar refractivity (Wildman–Crippen MR) is 42.1 cm³/mol. The molecule has 1 amide bonds. The Hall–Kier alpha value is -1.45. The molecular weight excluding hydrogens is 154 g/mol. The van der Waals surface area contributed by atoms with E-state index in [1.54, 1.807) is 18.5 Å². The quantitative estimate of drug-likeness (QED) is 0.666. The van der Waals surface area contributed by atoms with Crippen LogP contribution in [-0.4, -0.2) is 16.1 Å². The summed E-state index contributed by atoms with van der Waals surface area (Å²) in [5.41, 5.74) is 5.75. The highest BCUT2D eigenvalue weighted by Gasteiger charge is 2.50. The van der Waals surface area contributed by atoms with E-state index in [1.165, 1.54) is 0 Å². The third-order valence-corrected chi connectivity index (χ3v) is 2.36. The Kier molecular flexibility index (Phi) is 1.36. The lowest BCUT2D eigenvalue weighted by atomic mass is 9.98. The fourth-order valence-corrected chi connectivity index (χ4v) is 1.38. The monoisotopic (exact) mass is 163 g/mol. The minimum atomic E-state index is -0.421. The first-order valence-electron chi connectivity index (χ1n) is 3.83. The third kappa shape index (κ3) is 0.879. The van der Waals surface area contributed by atoms with Gasteiger partial charge < -0.3 is 5.73 Å². The maximum Gasteiger partial charge on any atom is 0.228 e. The molecule has 1 aromatic heterocycles. The number of nitrogens with zero attached hydrogens (tertiary/aromatic N) is 2. The van der Waals surface area contributed by atoms with Gasteiger partial charge in [0.05, 0.1) is 11.6 Å². The molecule has 1 fully saturated rings. The molecule has 2 rings (SSSR count). The van der Waals surface area contributed by atoms with Gasteiger partial charge in [0.25, 0.3) is 0 Å². The van der Waals surface area contributed by atoms with Crippen LogP contribution in [0, 0.1) is 0 Å². The van der Waals surface area contributed by atoms with Gasteiger partial charge in [0.1, 0.15) is 0 Å². The first kappa shape index (κ1) is 7.21. The van der Waals surface area contributed by atoms with Gasteiger partial charge in [0, 0.05) is 6.20 Å². The fourth-order valence-electron chi connectivity index (χ4n) is 1.38. The molecule has 0 unspecified atom stereocenters. The van der Waals surface area contributed by atoms with Crippen molar-refractivity contribution in [2.75, 3.05) is 0 Å². The Morgan fingerprint density at radius 2 is 2.25 bits per heavy atom. The second-order valence-electron chi connectivity index (χ2n) is 3.08. The smallest absolute Gasteiger partial charge is 0.228 e. The minimum absolute atomic E-state index is 0.254. The van der Waals surface area contributed by atoms with Crippen molar-refractivity contribution in [3.8, 4) is 0 Å². The standard InChI is InChI=1S/C8H9N3O/c9-7(12)8(2-3-8)6-1-4-10-11-5-6/h1,4-5H,2-3H2,(H2,9,12). The van der Waals surface area contributed by atoms with Crippen molar-refractivity contribution in [1.82, 2.24) is 10.2 Å². The van der Waals surface area contributed by atoms with Crippen LogP contribution in [0.15, 0.2) is 18.5 Å². The van der Waals surface area contributed by atoms with Gasteiger partial charge in [0.15, 0.2) is 0 Å². The van der Waals surface area contributed by atoms with Gasteiger partial charge in [0.2, 0.25) is 5.91 Å². The Balaban J connectivity index is 2.37. The summed E-state index contributed by atoms with van der Waals surface area (Å²) < 4.78 is 0. The second-order valence-corrected chi connectivity index (χ2v) is 3.08.